The molecule has 4 heteroatoms. The predicted octanol–water partition coefficient (Wildman–Crippen LogP) is 0.658. The van der Waals surface area contributed by atoms with Crippen LogP contribution in [0.25, 0.3) is 0 Å². The van der Waals surface area contributed by atoms with E-state index in [2.05, 4.69) is 6.58 Å². The van der Waals surface area contributed by atoms with Gasteiger partial charge in [-0.3, -0.25) is 0 Å². The van der Waals surface area contributed by atoms with Crippen molar-refractivity contribution in [2.75, 3.05) is 0 Å². The highest BCUT2D eigenvalue weighted by molar-refractivity contribution is 5.86. The van der Waals surface area contributed by atoms with Crippen molar-refractivity contribution in [3.05, 3.63) is 24.3 Å². The molecule has 0 aromatic rings. The maximum Gasteiger partial charge on any atom is 0.331 e. The molecule has 0 radical (unpaired) electrons. The Morgan fingerprint density at radius 2 is 1.91 bits per heavy atom. The molecule has 0 aromatic heterocycles. The molecule has 0 heterocycles. The van der Waals surface area contributed by atoms with Crippen LogP contribution in [0.1, 0.15) is 6.42 Å². The van der Waals surface area contributed by atoms with Crippen molar-refractivity contribution in [1.82, 2.24) is 0 Å². The maximum absolute atomic E-state index is 10.1. The summed E-state index contributed by atoms with van der Waals surface area (Å²) < 4.78 is 0. The summed E-state index contributed by atoms with van der Waals surface area (Å²) in [6.07, 6.45) is 2.18. The lowest BCUT2D eigenvalue weighted by Crippen LogP contribution is -1.97. The van der Waals surface area contributed by atoms with Crippen molar-refractivity contribution in [1.29, 1.82) is 0 Å². The van der Waals surface area contributed by atoms with Crippen molar-refractivity contribution in [3.8, 4) is 0 Å². The molecule has 0 saturated heterocycles. The normalized spacial score (nSPS) is 9.82. The van der Waals surface area contributed by atoms with E-state index in [9.17, 15) is 9.59 Å². The van der Waals surface area contributed by atoms with Crippen LogP contribution in [0.4, 0.5) is 0 Å². The summed E-state index contributed by atoms with van der Waals surface area (Å²) in [6.45, 7) is 3.21. The molecule has 0 aliphatic rings. The zero-order valence-electron chi connectivity index (χ0n) is 5.78. The summed E-state index contributed by atoms with van der Waals surface area (Å²) in [7, 11) is 0. The van der Waals surface area contributed by atoms with Crippen LogP contribution in [0.3, 0.4) is 0 Å². The molecule has 60 valence electrons. The van der Waals surface area contributed by atoms with Crippen LogP contribution in [0.15, 0.2) is 24.3 Å². The van der Waals surface area contributed by atoms with E-state index in [1.165, 1.54) is 6.08 Å². The first-order chi connectivity index (χ1) is 5.04. The molecule has 11 heavy (non-hydrogen) atoms. The Balaban J connectivity index is 3.80. The minimum Gasteiger partial charge on any atom is -0.478 e. The van der Waals surface area contributed by atoms with E-state index in [4.69, 9.17) is 10.2 Å². The van der Waals surface area contributed by atoms with Gasteiger partial charge in [0.25, 0.3) is 0 Å². The van der Waals surface area contributed by atoms with Crippen LogP contribution in [-0.4, -0.2) is 22.2 Å². The zero-order valence-corrected chi connectivity index (χ0v) is 5.78. The first-order valence-corrected chi connectivity index (χ1v) is 2.84. The fourth-order valence-corrected chi connectivity index (χ4v) is 0.389. The zero-order chi connectivity index (χ0) is 8.85. The van der Waals surface area contributed by atoms with Gasteiger partial charge in [-0.15, -0.1) is 0 Å². The number of carboxylic acids is 2. The molecule has 0 fully saturated rings. The first-order valence-electron chi connectivity index (χ1n) is 2.84. The van der Waals surface area contributed by atoms with E-state index in [0.717, 1.165) is 6.08 Å². The summed E-state index contributed by atoms with van der Waals surface area (Å²) in [6, 6.07) is 0. The van der Waals surface area contributed by atoms with Gasteiger partial charge in [-0.1, -0.05) is 12.7 Å². The van der Waals surface area contributed by atoms with Gasteiger partial charge in [-0.05, 0) is 6.42 Å². The van der Waals surface area contributed by atoms with E-state index >= 15 is 0 Å². The topological polar surface area (TPSA) is 74.6 Å². The highest BCUT2D eigenvalue weighted by Gasteiger charge is 1.99. The number of allylic oxidation sites excluding steroid dienone is 1. The van der Waals surface area contributed by atoms with Crippen LogP contribution >= 0.6 is 0 Å². The molecule has 0 aliphatic heterocycles. The van der Waals surface area contributed by atoms with Crippen molar-refractivity contribution in [3.63, 3.8) is 0 Å². The standard InChI is InChI=1S/C7H8O4/c1-5(7(10)11)3-2-4-6(8)9/h2,4H,1,3H2,(H,8,9)(H,10,11)/b4-2+. The van der Waals surface area contributed by atoms with E-state index in [1.54, 1.807) is 0 Å². The molecule has 0 bridgehead atoms. The van der Waals surface area contributed by atoms with Gasteiger partial charge < -0.3 is 10.2 Å². The largest absolute Gasteiger partial charge is 0.478 e. The lowest BCUT2D eigenvalue weighted by Gasteiger charge is -1.90. The molecular weight excluding hydrogens is 148 g/mol. The van der Waals surface area contributed by atoms with Gasteiger partial charge in [0.05, 0.1) is 0 Å². The van der Waals surface area contributed by atoms with Crippen LogP contribution in [0, 0.1) is 0 Å². The van der Waals surface area contributed by atoms with Crippen molar-refractivity contribution in [2.45, 2.75) is 6.42 Å². The van der Waals surface area contributed by atoms with Gasteiger partial charge in [0.2, 0.25) is 0 Å². The lowest BCUT2D eigenvalue weighted by molar-refractivity contribution is -0.133. The average Bonchev–Trinajstić information content (AvgIpc) is 1.86. The maximum atomic E-state index is 10.1. The second-order valence-electron chi connectivity index (χ2n) is 1.85. The average molecular weight is 156 g/mol. The number of hydrogen-bond donors (Lipinski definition) is 2. The molecule has 0 rings (SSSR count). The van der Waals surface area contributed by atoms with Gasteiger partial charge in [-0.2, -0.15) is 0 Å². The van der Waals surface area contributed by atoms with E-state index in [-0.39, 0.29) is 12.0 Å². The van der Waals surface area contributed by atoms with Gasteiger partial charge in [0.1, 0.15) is 0 Å². The second kappa shape index (κ2) is 4.27. The molecule has 0 unspecified atom stereocenters. The fourth-order valence-electron chi connectivity index (χ4n) is 0.389. The Kier molecular flexibility index (Phi) is 3.66. The van der Waals surface area contributed by atoms with Crippen LogP contribution in [0.2, 0.25) is 0 Å². The Morgan fingerprint density at radius 3 is 2.27 bits per heavy atom. The number of aliphatic carboxylic acids is 2. The van der Waals surface area contributed by atoms with Crippen molar-refractivity contribution < 1.29 is 19.8 Å². The summed E-state index contributed by atoms with van der Waals surface area (Å²) in [4.78, 5) is 20.0. The molecule has 0 aromatic carbocycles. The Labute approximate surface area is 63.5 Å². The second-order valence-corrected chi connectivity index (χ2v) is 1.85. The van der Waals surface area contributed by atoms with E-state index < -0.39 is 11.9 Å². The minimum absolute atomic E-state index is 0.0255. The molecule has 4 nitrogen and oxygen atoms in total. The van der Waals surface area contributed by atoms with Gasteiger partial charge in [0, 0.05) is 11.6 Å². The van der Waals surface area contributed by atoms with Gasteiger partial charge in [0.15, 0.2) is 0 Å². The monoisotopic (exact) mass is 156 g/mol. The quantitative estimate of drug-likeness (QED) is 0.586. The summed E-state index contributed by atoms with van der Waals surface area (Å²) in [5, 5.41) is 16.4. The number of rotatable bonds is 4. The highest BCUT2D eigenvalue weighted by atomic mass is 16.4. The van der Waals surface area contributed by atoms with Crippen LogP contribution in [0.5, 0.6) is 0 Å². The van der Waals surface area contributed by atoms with Crippen LogP contribution < -0.4 is 0 Å². The number of carboxylic acid groups (broad SMARTS) is 2. The highest BCUT2D eigenvalue weighted by Crippen LogP contribution is 1.97. The van der Waals surface area contributed by atoms with Gasteiger partial charge in [-0.25, -0.2) is 9.59 Å². The third kappa shape index (κ3) is 4.90. The lowest BCUT2D eigenvalue weighted by atomic mass is 10.2. The molecule has 2 N–H and O–H groups in total. The summed E-state index contributed by atoms with van der Waals surface area (Å²) >= 11 is 0. The number of carbonyl (C=O) groups is 2. The molecule has 0 amide bonds. The molecular formula is C7H8O4. The number of hydrogen-bond acceptors (Lipinski definition) is 2. The third-order valence-electron chi connectivity index (χ3n) is 0.927. The third-order valence-corrected chi connectivity index (χ3v) is 0.927. The Morgan fingerprint density at radius 1 is 1.36 bits per heavy atom. The predicted molar refractivity (Wildman–Crippen MR) is 38.2 cm³/mol. The molecule has 0 atom stereocenters. The van der Waals surface area contributed by atoms with Crippen molar-refractivity contribution in [2.24, 2.45) is 0 Å². The minimum atomic E-state index is -1.11. The summed E-state index contributed by atoms with van der Waals surface area (Å²) in [5.41, 5.74) is -0.0255. The fraction of sp³-hybridized carbons (Fsp3) is 0.143. The van der Waals surface area contributed by atoms with Crippen molar-refractivity contribution >= 4 is 11.9 Å². The van der Waals surface area contributed by atoms with Crippen LogP contribution in [-0.2, 0) is 9.59 Å². The Hall–Kier alpha value is -1.58. The SMILES string of the molecule is C=C(C/C=C/C(=O)O)C(=O)O. The summed E-state index contributed by atoms with van der Waals surface area (Å²) in [5.74, 6) is -2.21. The smallest absolute Gasteiger partial charge is 0.331 e. The van der Waals surface area contributed by atoms with E-state index in [1.807, 2.05) is 0 Å². The molecule has 0 aliphatic carbocycles. The van der Waals surface area contributed by atoms with Gasteiger partial charge >= 0.3 is 11.9 Å². The molecule has 0 spiro atoms. The van der Waals surface area contributed by atoms with E-state index in [0.29, 0.717) is 0 Å². The Bertz CT molecular complexity index is 214. The first kappa shape index (κ1) is 9.42. The molecule has 0 saturated carbocycles.